The summed E-state index contributed by atoms with van der Waals surface area (Å²) in [6, 6.07) is 2.09. The molecule has 0 aromatic carbocycles. The molecule has 0 saturated heterocycles. The zero-order chi connectivity index (χ0) is 10.1. The van der Waals surface area contributed by atoms with Crippen molar-refractivity contribution in [1.29, 1.82) is 0 Å². The summed E-state index contributed by atoms with van der Waals surface area (Å²) in [6.07, 6.45) is 3.69. The van der Waals surface area contributed by atoms with Crippen LogP contribution in [-0.4, -0.2) is 15.1 Å². The molecule has 0 fully saturated rings. The minimum absolute atomic E-state index is 0.0588. The first kappa shape index (κ1) is 9.21. The molecule has 0 radical (unpaired) electrons. The maximum Gasteiger partial charge on any atom is 0.137 e. The highest BCUT2D eigenvalue weighted by atomic mass is 16.3. The summed E-state index contributed by atoms with van der Waals surface area (Å²) in [6.45, 7) is 4.32. The summed E-state index contributed by atoms with van der Waals surface area (Å²) in [7, 11) is 0. The zero-order valence-electron chi connectivity index (χ0n) is 8.41. The van der Waals surface area contributed by atoms with Gasteiger partial charge in [-0.25, -0.2) is 4.98 Å². The highest BCUT2D eigenvalue weighted by Gasteiger charge is 2.06. The van der Waals surface area contributed by atoms with Crippen LogP contribution < -0.4 is 0 Å². The molecule has 0 saturated carbocycles. The van der Waals surface area contributed by atoms with Gasteiger partial charge >= 0.3 is 0 Å². The average Bonchev–Trinajstić information content (AvgIpc) is 2.59. The largest absolute Gasteiger partial charge is 0.392 e. The molecule has 0 aliphatic rings. The van der Waals surface area contributed by atoms with Gasteiger partial charge in [0.15, 0.2) is 0 Å². The number of aliphatic hydroxyl groups excluding tert-OH is 1. The van der Waals surface area contributed by atoms with E-state index in [9.17, 15) is 0 Å². The summed E-state index contributed by atoms with van der Waals surface area (Å²) in [4.78, 5) is 7.34. The lowest BCUT2D eigenvalue weighted by atomic mass is 10.0. The van der Waals surface area contributed by atoms with Crippen molar-refractivity contribution in [3.8, 4) is 0 Å². The summed E-state index contributed by atoms with van der Waals surface area (Å²) < 4.78 is 0. The summed E-state index contributed by atoms with van der Waals surface area (Å²) in [5.74, 6) is 0.466. The number of pyridine rings is 1. The Morgan fingerprint density at radius 2 is 2.29 bits per heavy atom. The first-order valence-electron chi connectivity index (χ1n) is 4.79. The molecule has 2 rings (SSSR count). The summed E-state index contributed by atoms with van der Waals surface area (Å²) in [5, 5.41) is 10.1. The van der Waals surface area contributed by atoms with Gasteiger partial charge in [0.05, 0.1) is 6.61 Å². The van der Waals surface area contributed by atoms with E-state index in [1.807, 2.05) is 12.4 Å². The maximum atomic E-state index is 9.11. The second kappa shape index (κ2) is 3.42. The van der Waals surface area contributed by atoms with Crippen LogP contribution in [0.15, 0.2) is 18.5 Å². The number of H-pyrrole nitrogens is 1. The molecule has 2 heterocycles. The minimum Gasteiger partial charge on any atom is -0.392 e. The number of aromatic amines is 1. The van der Waals surface area contributed by atoms with Gasteiger partial charge < -0.3 is 10.1 Å². The van der Waals surface area contributed by atoms with E-state index < -0.39 is 0 Å². The van der Waals surface area contributed by atoms with E-state index in [1.54, 1.807) is 0 Å². The van der Waals surface area contributed by atoms with Crippen molar-refractivity contribution >= 4 is 11.0 Å². The molecule has 0 bridgehead atoms. The molecule has 0 aliphatic carbocycles. The van der Waals surface area contributed by atoms with Crippen LogP contribution in [0.25, 0.3) is 11.0 Å². The van der Waals surface area contributed by atoms with Crippen molar-refractivity contribution in [2.24, 2.45) is 0 Å². The molecule has 0 unspecified atom stereocenters. The first-order valence-corrected chi connectivity index (χ1v) is 4.79. The Kier molecular flexibility index (Phi) is 2.25. The summed E-state index contributed by atoms with van der Waals surface area (Å²) >= 11 is 0. The fourth-order valence-electron chi connectivity index (χ4n) is 1.52. The van der Waals surface area contributed by atoms with Crippen LogP contribution in [0.3, 0.4) is 0 Å². The Morgan fingerprint density at radius 1 is 1.50 bits per heavy atom. The minimum atomic E-state index is 0.0588. The predicted molar refractivity (Wildman–Crippen MR) is 56.1 cm³/mol. The number of hydrogen-bond acceptors (Lipinski definition) is 2. The van der Waals surface area contributed by atoms with Crippen LogP contribution in [-0.2, 0) is 6.61 Å². The van der Waals surface area contributed by atoms with Crippen LogP contribution in [0.4, 0.5) is 0 Å². The lowest BCUT2D eigenvalue weighted by Gasteiger charge is -2.04. The molecule has 74 valence electrons. The van der Waals surface area contributed by atoms with Crippen molar-refractivity contribution in [3.05, 3.63) is 29.6 Å². The number of nitrogens with one attached hydrogen (secondary N) is 1. The van der Waals surface area contributed by atoms with E-state index in [0.29, 0.717) is 5.92 Å². The molecule has 2 N–H and O–H groups in total. The van der Waals surface area contributed by atoms with E-state index in [4.69, 9.17) is 5.11 Å². The molecule has 0 amide bonds. The Labute approximate surface area is 82.8 Å². The van der Waals surface area contributed by atoms with E-state index in [1.165, 1.54) is 5.56 Å². The van der Waals surface area contributed by atoms with Crippen molar-refractivity contribution in [1.82, 2.24) is 9.97 Å². The third-order valence-corrected chi connectivity index (χ3v) is 2.47. The Hall–Kier alpha value is -1.35. The second-order valence-corrected chi connectivity index (χ2v) is 3.79. The van der Waals surface area contributed by atoms with Gasteiger partial charge in [-0.15, -0.1) is 0 Å². The van der Waals surface area contributed by atoms with Crippen LogP contribution in [0, 0.1) is 0 Å². The van der Waals surface area contributed by atoms with E-state index in [0.717, 1.165) is 16.6 Å². The highest BCUT2D eigenvalue weighted by molar-refractivity contribution is 5.80. The normalized spacial score (nSPS) is 11.4. The Bertz CT molecular complexity index is 445. The number of nitrogens with zero attached hydrogens (tertiary/aromatic N) is 1. The average molecular weight is 190 g/mol. The number of hydrogen-bond donors (Lipinski definition) is 2. The molecule has 0 atom stereocenters. The first-order chi connectivity index (χ1) is 6.72. The molecular weight excluding hydrogens is 176 g/mol. The fourth-order valence-corrected chi connectivity index (χ4v) is 1.52. The number of aliphatic hydroxyl groups is 1. The zero-order valence-corrected chi connectivity index (χ0v) is 8.41. The van der Waals surface area contributed by atoms with Gasteiger partial charge in [0.1, 0.15) is 5.65 Å². The molecule has 3 nitrogen and oxygen atoms in total. The van der Waals surface area contributed by atoms with Gasteiger partial charge in [-0.3, -0.25) is 0 Å². The van der Waals surface area contributed by atoms with Crippen molar-refractivity contribution in [2.75, 3.05) is 0 Å². The number of fused-ring (bicyclic) bond motifs is 1. The third kappa shape index (κ3) is 1.40. The molecule has 3 heteroatoms. The monoisotopic (exact) mass is 190 g/mol. The fraction of sp³-hybridized carbons (Fsp3) is 0.364. The van der Waals surface area contributed by atoms with Gasteiger partial charge in [-0.05, 0) is 17.5 Å². The molecule has 2 aromatic heterocycles. The van der Waals surface area contributed by atoms with Gasteiger partial charge in [0.25, 0.3) is 0 Å². The second-order valence-electron chi connectivity index (χ2n) is 3.79. The predicted octanol–water partition coefficient (Wildman–Crippen LogP) is 2.18. The van der Waals surface area contributed by atoms with Crippen LogP contribution >= 0.6 is 0 Å². The van der Waals surface area contributed by atoms with Crippen LogP contribution in [0.5, 0.6) is 0 Å². The number of aromatic nitrogens is 2. The molecule has 14 heavy (non-hydrogen) atoms. The quantitative estimate of drug-likeness (QED) is 0.762. The van der Waals surface area contributed by atoms with Gasteiger partial charge in [0.2, 0.25) is 0 Å². The van der Waals surface area contributed by atoms with Gasteiger partial charge in [-0.2, -0.15) is 0 Å². The maximum absolute atomic E-state index is 9.11. The lowest BCUT2D eigenvalue weighted by Crippen LogP contribution is -1.89. The molecule has 2 aromatic rings. The summed E-state index contributed by atoms with van der Waals surface area (Å²) in [5.41, 5.74) is 2.96. The van der Waals surface area contributed by atoms with Crippen molar-refractivity contribution in [2.45, 2.75) is 26.4 Å². The molecule has 0 aliphatic heterocycles. The topological polar surface area (TPSA) is 48.9 Å². The standard InChI is InChI=1S/C11H14N2O/c1-7(2)8-3-10-9(6-14)5-13-11(10)12-4-8/h3-5,7,14H,6H2,1-2H3,(H,12,13). The SMILES string of the molecule is CC(C)c1cnc2[nH]cc(CO)c2c1. The van der Waals surface area contributed by atoms with Crippen molar-refractivity contribution in [3.63, 3.8) is 0 Å². The van der Waals surface area contributed by atoms with E-state index in [2.05, 4.69) is 29.9 Å². The Morgan fingerprint density at radius 3 is 2.93 bits per heavy atom. The van der Waals surface area contributed by atoms with E-state index in [-0.39, 0.29) is 6.61 Å². The van der Waals surface area contributed by atoms with Gasteiger partial charge in [0, 0.05) is 23.3 Å². The smallest absolute Gasteiger partial charge is 0.137 e. The molecule has 0 spiro atoms. The lowest BCUT2D eigenvalue weighted by molar-refractivity contribution is 0.283. The third-order valence-electron chi connectivity index (χ3n) is 2.47. The highest BCUT2D eigenvalue weighted by Crippen LogP contribution is 2.21. The Balaban J connectivity index is 2.61. The van der Waals surface area contributed by atoms with E-state index >= 15 is 0 Å². The van der Waals surface area contributed by atoms with Gasteiger partial charge in [-0.1, -0.05) is 13.8 Å². The van der Waals surface area contributed by atoms with Crippen LogP contribution in [0.1, 0.15) is 30.9 Å². The van der Waals surface area contributed by atoms with Crippen LogP contribution in [0.2, 0.25) is 0 Å². The van der Waals surface area contributed by atoms with Crippen molar-refractivity contribution < 1.29 is 5.11 Å². The number of rotatable bonds is 2. The molecular formula is C11H14N2O.